The number of aryl methyl sites for hydroxylation is 2. The smallest absolute Gasteiger partial charge is 0.258 e. The van der Waals surface area contributed by atoms with E-state index in [-0.39, 0.29) is 5.91 Å². The molecule has 24 heavy (non-hydrogen) atoms. The van der Waals surface area contributed by atoms with E-state index in [0.29, 0.717) is 16.4 Å². The zero-order valence-electron chi connectivity index (χ0n) is 13.4. The Morgan fingerprint density at radius 1 is 1.00 bits per heavy atom. The molecule has 3 rings (SSSR count). The Morgan fingerprint density at radius 2 is 1.67 bits per heavy atom. The molecule has 0 bridgehead atoms. The molecule has 0 radical (unpaired) electrons. The van der Waals surface area contributed by atoms with Crippen molar-refractivity contribution in [3.8, 4) is 11.4 Å². The molecule has 0 fully saturated rings. The number of rotatable bonds is 3. The second-order valence-corrected chi connectivity index (χ2v) is 6.01. The molecule has 1 amide bonds. The lowest BCUT2D eigenvalue weighted by Gasteiger charge is -2.09. The van der Waals surface area contributed by atoms with Crippen molar-refractivity contribution in [2.24, 2.45) is 0 Å². The van der Waals surface area contributed by atoms with E-state index in [4.69, 9.17) is 11.6 Å². The van der Waals surface area contributed by atoms with Crippen LogP contribution in [0.2, 0.25) is 5.02 Å². The molecular weight excluding hydrogens is 322 g/mol. The summed E-state index contributed by atoms with van der Waals surface area (Å²) in [5.74, 6) is 0.321. The van der Waals surface area contributed by atoms with Crippen molar-refractivity contribution >= 4 is 23.2 Å². The van der Waals surface area contributed by atoms with Crippen molar-refractivity contribution in [1.29, 1.82) is 0 Å². The summed E-state index contributed by atoms with van der Waals surface area (Å²) in [5.41, 5.74) is 4.15. The first-order chi connectivity index (χ1) is 11.5. The van der Waals surface area contributed by atoms with Crippen LogP contribution in [0.1, 0.15) is 21.5 Å². The zero-order chi connectivity index (χ0) is 17.1. The van der Waals surface area contributed by atoms with Crippen LogP contribution in [0.5, 0.6) is 0 Å². The first kappa shape index (κ1) is 16.1. The van der Waals surface area contributed by atoms with Gasteiger partial charge in [-0.15, -0.1) is 0 Å². The average Bonchev–Trinajstić information content (AvgIpc) is 2.59. The van der Waals surface area contributed by atoms with Gasteiger partial charge in [-0.3, -0.25) is 4.79 Å². The minimum atomic E-state index is -0.230. The SMILES string of the molecule is Cc1ccc(C)c(NC(=O)c2cnc(-c3ccc(Cl)cc3)nc2)c1. The fourth-order valence-electron chi connectivity index (χ4n) is 2.26. The number of aromatic nitrogens is 2. The van der Waals surface area contributed by atoms with E-state index in [1.807, 2.05) is 44.2 Å². The number of nitrogens with zero attached hydrogens (tertiary/aromatic N) is 2. The second-order valence-electron chi connectivity index (χ2n) is 5.57. The van der Waals surface area contributed by atoms with Gasteiger partial charge < -0.3 is 5.32 Å². The summed E-state index contributed by atoms with van der Waals surface area (Å²) in [6.07, 6.45) is 3.05. The first-order valence-corrected chi connectivity index (χ1v) is 7.87. The summed E-state index contributed by atoms with van der Waals surface area (Å²) in [5, 5.41) is 3.55. The molecule has 1 heterocycles. The number of carbonyl (C=O) groups is 1. The van der Waals surface area contributed by atoms with Crippen molar-refractivity contribution in [3.05, 3.63) is 76.6 Å². The number of nitrogens with one attached hydrogen (secondary N) is 1. The van der Waals surface area contributed by atoms with Gasteiger partial charge in [0.1, 0.15) is 0 Å². The summed E-state index contributed by atoms with van der Waals surface area (Å²) in [7, 11) is 0. The number of hydrogen-bond acceptors (Lipinski definition) is 3. The lowest BCUT2D eigenvalue weighted by Crippen LogP contribution is -2.13. The second kappa shape index (κ2) is 6.81. The van der Waals surface area contributed by atoms with E-state index in [2.05, 4.69) is 15.3 Å². The quantitative estimate of drug-likeness (QED) is 0.755. The Morgan fingerprint density at radius 3 is 2.33 bits per heavy atom. The minimum absolute atomic E-state index is 0.230. The summed E-state index contributed by atoms with van der Waals surface area (Å²) in [6.45, 7) is 3.94. The zero-order valence-corrected chi connectivity index (χ0v) is 14.1. The summed E-state index contributed by atoms with van der Waals surface area (Å²) >= 11 is 5.87. The van der Waals surface area contributed by atoms with E-state index in [1.54, 1.807) is 12.1 Å². The topological polar surface area (TPSA) is 54.9 Å². The molecular formula is C19H16ClN3O. The molecule has 0 aliphatic carbocycles. The van der Waals surface area contributed by atoms with Crippen LogP contribution in [0.3, 0.4) is 0 Å². The highest BCUT2D eigenvalue weighted by molar-refractivity contribution is 6.30. The molecule has 0 aliphatic heterocycles. The third kappa shape index (κ3) is 3.60. The predicted octanol–water partition coefficient (Wildman–Crippen LogP) is 4.67. The van der Waals surface area contributed by atoms with Crippen LogP contribution < -0.4 is 5.32 Å². The Kier molecular flexibility index (Phi) is 4.58. The van der Waals surface area contributed by atoms with Gasteiger partial charge in [0.15, 0.2) is 5.82 Å². The van der Waals surface area contributed by atoms with Gasteiger partial charge in [-0.1, -0.05) is 23.7 Å². The van der Waals surface area contributed by atoms with Crippen molar-refractivity contribution in [2.45, 2.75) is 13.8 Å². The average molecular weight is 338 g/mol. The molecule has 2 aromatic carbocycles. The largest absolute Gasteiger partial charge is 0.322 e. The number of carbonyl (C=O) groups excluding carboxylic acids is 1. The van der Waals surface area contributed by atoms with E-state index >= 15 is 0 Å². The highest BCUT2D eigenvalue weighted by Crippen LogP contribution is 2.19. The Hall–Kier alpha value is -2.72. The van der Waals surface area contributed by atoms with Gasteiger partial charge in [0.25, 0.3) is 5.91 Å². The van der Waals surface area contributed by atoms with Crippen LogP contribution in [0.4, 0.5) is 5.69 Å². The molecule has 5 heteroatoms. The molecule has 0 aliphatic rings. The van der Waals surface area contributed by atoms with Crippen molar-refractivity contribution in [3.63, 3.8) is 0 Å². The molecule has 0 unspecified atom stereocenters. The monoisotopic (exact) mass is 337 g/mol. The van der Waals surface area contributed by atoms with Crippen LogP contribution in [0.25, 0.3) is 11.4 Å². The molecule has 3 aromatic rings. The molecule has 120 valence electrons. The Labute approximate surface area is 145 Å². The van der Waals surface area contributed by atoms with Crippen molar-refractivity contribution in [2.75, 3.05) is 5.32 Å². The Bertz CT molecular complexity index is 874. The predicted molar refractivity (Wildman–Crippen MR) is 96.3 cm³/mol. The number of halogens is 1. The Balaban J connectivity index is 1.79. The normalized spacial score (nSPS) is 10.5. The molecule has 0 saturated carbocycles. The van der Waals surface area contributed by atoms with Gasteiger partial charge in [-0.05, 0) is 55.3 Å². The summed E-state index contributed by atoms with van der Waals surface area (Å²) < 4.78 is 0. The van der Waals surface area contributed by atoms with Crippen molar-refractivity contribution < 1.29 is 4.79 Å². The maximum absolute atomic E-state index is 12.4. The molecule has 4 nitrogen and oxygen atoms in total. The van der Waals surface area contributed by atoms with Crippen LogP contribution in [-0.2, 0) is 0 Å². The summed E-state index contributed by atoms with van der Waals surface area (Å²) in [4.78, 5) is 20.9. The number of amides is 1. The maximum atomic E-state index is 12.4. The lowest BCUT2D eigenvalue weighted by atomic mass is 10.1. The summed E-state index contributed by atoms with van der Waals surface area (Å²) in [6, 6.07) is 13.2. The molecule has 0 spiro atoms. The van der Waals surface area contributed by atoms with E-state index in [1.165, 1.54) is 12.4 Å². The number of hydrogen-bond donors (Lipinski definition) is 1. The molecule has 1 aromatic heterocycles. The minimum Gasteiger partial charge on any atom is -0.322 e. The van der Waals surface area contributed by atoms with Crippen LogP contribution >= 0.6 is 11.6 Å². The number of anilines is 1. The van der Waals surface area contributed by atoms with Crippen LogP contribution in [0.15, 0.2) is 54.9 Å². The highest BCUT2D eigenvalue weighted by atomic mass is 35.5. The lowest BCUT2D eigenvalue weighted by molar-refractivity contribution is 0.102. The third-order valence-electron chi connectivity index (χ3n) is 3.66. The van der Waals surface area contributed by atoms with Gasteiger partial charge in [-0.2, -0.15) is 0 Å². The fraction of sp³-hybridized carbons (Fsp3) is 0.105. The molecule has 0 atom stereocenters. The standard InChI is InChI=1S/C19H16ClN3O/c1-12-3-4-13(2)17(9-12)23-19(24)15-10-21-18(22-11-15)14-5-7-16(20)8-6-14/h3-11H,1-2H3,(H,23,24). The van der Waals surface area contributed by atoms with Gasteiger partial charge >= 0.3 is 0 Å². The van der Waals surface area contributed by atoms with Crippen LogP contribution in [0, 0.1) is 13.8 Å². The van der Waals surface area contributed by atoms with Gasteiger partial charge in [-0.25, -0.2) is 9.97 Å². The number of benzene rings is 2. The first-order valence-electron chi connectivity index (χ1n) is 7.49. The van der Waals surface area contributed by atoms with Gasteiger partial charge in [0.2, 0.25) is 0 Å². The maximum Gasteiger partial charge on any atom is 0.258 e. The van der Waals surface area contributed by atoms with E-state index < -0.39 is 0 Å². The highest BCUT2D eigenvalue weighted by Gasteiger charge is 2.10. The van der Waals surface area contributed by atoms with Crippen LogP contribution in [-0.4, -0.2) is 15.9 Å². The van der Waals surface area contributed by atoms with E-state index in [0.717, 1.165) is 22.4 Å². The fourth-order valence-corrected chi connectivity index (χ4v) is 2.38. The third-order valence-corrected chi connectivity index (χ3v) is 3.91. The molecule has 0 saturated heterocycles. The van der Waals surface area contributed by atoms with Crippen molar-refractivity contribution in [1.82, 2.24) is 9.97 Å². The van der Waals surface area contributed by atoms with Gasteiger partial charge in [0, 0.05) is 28.7 Å². The van der Waals surface area contributed by atoms with Gasteiger partial charge in [0.05, 0.1) is 5.56 Å². The molecule has 1 N–H and O–H groups in total. The van der Waals surface area contributed by atoms with E-state index in [9.17, 15) is 4.79 Å².